The fourth-order valence-electron chi connectivity index (χ4n) is 2.37. The number of hydrogen-bond donors (Lipinski definition) is 1. The van der Waals surface area contributed by atoms with Crippen LogP contribution in [0.5, 0.6) is 0 Å². The van der Waals surface area contributed by atoms with Gasteiger partial charge in [0.2, 0.25) is 0 Å². The summed E-state index contributed by atoms with van der Waals surface area (Å²) in [5, 5.41) is 14.4. The van der Waals surface area contributed by atoms with Gasteiger partial charge in [-0.15, -0.1) is 11.3 Å². The number of carbonyl (C=O) groups is 1. The molecule has 118 valence electrons. The van der Waals surface area contributed by atoms with Crippen molar-refractivity contribution in [1.29, 1.82) is 5.26 Å². The predicted octanol–water partition coefficient (Wildman–Crippen LogP) is 2.75. The second-order valence-corrected chi connectivity index (χ2v) is 6.16. The second-order valence-electron chi connectivity index (χ2n) is 5.31. The van der Waals surface area contributed by atoms with Crippen LogP contribution in [0.25, 0.3) is 10.6 Å². The summed E-state index contributed by atoms with van der Waals surface area (Å²) in [5.41, 5.74) is 0.113. The van der Waals surface area contributed by atoms with Crippen molar-refractivity contribution in [1.82, 2.24) is 10.3 Å². The summed E-state index contributed by atoms with van der Waals surface area (Å²) in [5.74, 6) is -0.697. The maximum absolute atomic E-state index is 13.0. The van der Waals surface area contributed by atoms with Crippen LogP contribution in [0.2, 0.25) is 0 Å². The third-order valence-electron chi connectivity index (χ3n) is 3.74. The van der Waals surface area contributed by atoms with Crippen molar-refractivity contribution in [2.24, 2.45) is 0 Å². The highest BCUT2D eigenvalue weighted by atomic mass is 32.1. The lowest BCUT2D eigenvalue weighted by atomic mass is 9.91. The molecule has 1 aromatic carbocycles. The first-order valence-electron chi connectivity index (χ1n) is 7.15. The quantitative estimate of drug-likeness (QED) is 0.938. The van der Waals surface area contributed by atoms with Gasteiger partial charge in [0.1, 0.15) is 22.1 Å². The summed E-state index contributed by atoms with van der Waals surface area (Å²) < 4.78 is 18.2. The van der Waals surface area contributed by atoms with E-state index < -0.39 is 5.54 Å². The van der Waals surface area contributed by atoms with Gasteiger partial charge >= 0.3 is 0 Å². The van der Waals surface area contributed by atoms with E-state index in [-0.39, 0.29) is 17.4 Å². The molecule has 1 aliphatic heterocycles. The molecule has 1 fully saturated rings. The largest absolute Gasteiger partial charge is 0.381 e. The SMILES string of the molecule is N#CC1(NC(=O)c2csc(-c3ccc(F)cc3)n2)CCOCC1. The van der Waals surface area contributed by atoms with E-state index in [2.05, 4.69) is 16.4 Å². The fraction of sp³-hybridized carbons (Fsp3) is 0.312. The van der Waals surface area contributed by atoms with Crippen molar-refractivity contribution in [3.05, 3.63) is 41.2 Å². The van der Waals surface area contributed by atoms with E-state index in [0.717, 1.165) is 5.56 Å². The Bertz CT molecular complexity index is 745. The van der Waals surface area contributed by atoms with Crippen LogP contribution in [-0.2, 0) is 4.74 Å². The van der Waals surface area contributed by atoms with Crippen LogP contribution >= 0.6 is 11.3 Å². The van der Waals surface area contributed by atoms with Crippen molar-refractivity contribution in [3.8, 4) is 16.6 Å². The molecular weight excluding hydrogens is 317 g/mol. The summed E-state index contributed by atoms with van der Waals surface area (Å²) >= 11 is 1.30. The number of ether oxygens (including phenoxy) is 1. The maximum atomic E-state index is 13.0. The Kier molecular flexibility index (Phi) is 4.37. The van der Waals surface area contributed by atoms with Crippen molar-refractivity contribution < 1.29 is 13.9 Å². The van der Waals surface area contributed by atoms with Crippen LogP contribution in [0, 0.1) is 17.1 Å². The first-order valence-corrected chi connectivity index (χ1v) is 8.03. The van der Waals surface area contributed by atoms with E-state index in [1.807, 2.05) is 0 Å². The van der Waals surface area contributed by atoms with Gasteiger partial charge in [0.15, 0.2) is 0 Å². The van der Waals surface area contributed by atoms with Crippen LogP contribution in [0.1, 0.15) is 23.3 Å². The number of nitrogens with one attached hydrogen (secondary N) is 1. The van der Waals surface area contributed by atoms with Crippen molar-refractivity contribution >= 4 is 17.2 Å². The number of halogens is 1. The summed E-state index contributed by atoms with van der Waals surface area (Å²) in [6.07, 6.45) is 0.925. The Morgan fingerprint density at radius 3 is 2.70 bits per heavy atom. The number of thiazole rings is 1. The normalized spacial score (nSPS) is 16.5. The third-order valence-corrected chi connectivity index (χ3v) is 4.63. The van der Waals surface area contributed by atoms with Gasteiger partial charge in [-0.25, -0.2) is 9.37 Å². The first kappa shape index (κ1) is 15.6. The fourth-order valence-corrected chi connectivity index (χ4v) is 3.18. The Labute approximate surface area is 136 Å². The van der Waals surface area contributed by atoms with E-state index in [1.54, 1.807) is 17.5 Å². The zero-order valence-electron chi connectivity index (χ0n) is 12.2. The van der Waals surface area contributed by atoms with Crippen LogP contribution < -0.4 is 5.32 Å². The standard InChI is InChI=1S/C16H14FN3O2S/c17-12-3-1-11(2-4-12)15-19-13(9-23-15)14(21)20-16(10-18)5-7-22-8-6-16/h1-4,9H,5-8H2,(H,20,21). The molecule has 3 rings (SSSR count). The van der Waals surface area contributed by atoms with E-state index >= 15 is 0 Å². The van der Waals surface area contributed by atoms with Crippen LogP contribution in [0.15, 0.2) is 29.6 Å². The van der Waals surface area contributed by atoms with E-state index in [1.165, 1.54) is 23.5 Å². The lowest BCUT2D eigenvalue weighted by molar-refractivity contribution is 0.0530. The van der Waals surface area contributed by atoms with Crippen LogP contribution in [0.3, 0.4) is 0 Å². The number of nitrogens with zero attached hydrogens (tertiary/aromatic N) is 2. The van der Waals surface area contributed by atoms with Crippen LogP contribution in [0.4, 0.5) is 4.39 Å². The lowest BCUT2D eigenvalue weighted by Crippen LogP contribution is -2.51. The summed E-state index contributed by atoms with van der Waals surface area (Å²) in [6, 6.07) is 8.12. The molecular formula is C16H14FN3O2S. The topological polar surface area (TPSA) is 75.0 Å². The van der Waals surface area contributed by atoms with Crippen molar-refractivity contribution in [3.63, 3.8) is 0 Å². The molecule has 2 aromatic rings. The van der Waals surface area contributed by atoms with Gasteiger partial charge in [0.25, 0.3) is 5.91 Å². The molecule has 1 saturated heterocycles. The molecule has 0 atom stereocenters. The molecule has 0 saturated carbocycles. The van der Waals surface area contributed by atoms with E-state index in [4.69, 9.17) is 4.74 Å². The highest BCUT2D eigenvalue weighted by Crippen LogP contribution is 2.25. The molecule has 23 heavy (non-hydrogen) atoms. The molecule has 0 bridgehead atoms. The van der Waals surface area contributed by atoms with Gasteiger partial charge in [-0.05, 0) is 24.3 Å². The smallest absolute Gasteiger partial charge is 0.272 e. The second kappa shape index (κ2) is 6.44. The Morgan fingerprint density at radius 2 is 2.04 bits per heavy atom. The molecule has 7 heteroatoms. The molecule has 1 N–H and O–H groups in total. The molecule has 2 heterocycles. The minimum Gasteiger partial charge on any atom is -0.381 e. The van der Waals surface area contributed by atoms with E-state index in [0.29, 0.717) is 31.1 Å². The molecule has 1 amide bonds. The lowest BCUT2D eigenvalue weighted by Gasteiger charge is -2.31. The number of aromatic nitrogens is 1. The molecule has 0 radical (unpaired) electrons. The number of hydrogen-bond acceptors (Lipinski definition) is 5. The maximum Gasteiger partial charge on any atom is 0.272 e. The molecule has 0 unspecified atom stereocenters. The minimum atomic E-state index is -0.894. The molecule has 1 aliphatic rings. The number of amides is 1. The zero-order valence-corrected chi connectivity index (χ0v) is 13.0. The number of rotatable bonds is 3. The van der Waals surface area contributed by atoms with Crippen molar-refractivity contribution in [2.75, 3.05) is 13.2 Å². The van der Waals surface area contributed by atoms with Crippen LogP contribution in [-0.4, -0.2) is 29.6 Å². The Balaban J connectivity index is 1.76. The number of nitriles is 1. The molecule has 5 nitrogen and oxygen atoms in total. The van der Waals surface area contributed by atoms with Gasteiger partial charge in [0.05, 0.1) is 6.07 Å². The van der Waals surface area contributed by atoms with Gasteiger partial charge in [-0.1, -0.05) is 0 Å². The van der Waals surface area contributed by atoms with E-state index in [9.17, 15) is 14.4 Å². The Hall–Kier alpha value is -2.30. The Morgan fingerprint density at radius 1 is 1.35 bits per heavy atom. The van der Waals surface area contributed by atoms with Gasteiger partial charge in [-0.3, -0.25) is 4.79 Å². The van der Waals surface area contributed by atoms with Gasteiger partial charge in [0, 0.05) is 37.0 Å². The first-order chi connectivity index (χ1) is 11.1. The number of benzene rings is 1. The zero-order chi connectivity index (χ0) is 16.3. The average molecular weight is 331 g/mol. The molecule has 1 aromatic heterocycles. The summed E-state index contributed by atoms with van der Waals surface area (Å²) in [6.45, 7) is 0.900. The third kappa shape index (κ3) is 3.38. The highest BCUT2D eigenvalue weighted by Gasteiger charge is 2.35. The highest BCUT2D eigenvalue weighted by molar-refractivity contribution is 7.13. The predicted molar refractivity (Wildman–Crippen MR) is 83.4 cm³/mol. The number of carbonyl (C=O) groups excluding carboxylic acids is 1. The van der Waals surface area contributed by atoms with Crippen molar-refractivity contribution in [2.45, 2.75) is 18.4 Å². The summed E-state index contributed by atoms with van der Waals surface area (Å²) in [7, 11) is 0. The minimum absolute atomic E-state index is 0.260. The van der Waals surface area contributed by atoms with Gasteiger partial charge < -0.3 is 10.1 Å². The monoisotopic (exact) mass is 331 g/mol. The average Bonchev–Trinajstić information content (AvgIpc) is 3.06. The summed E-state index contributed by atoms with van der Waals surface area (Å²) in [4.78, 5) is 16.6. The molecule has 0 spiro atoms. The van der Waals surface area contributed by atoms with Gasteiger partial charge in [-0.2, -0.15) is 5.26 Å². The molecule has 0 aliphatic carbocycles.